The minimum Gasteiger partial charge on any atom is -0.393 e. The first kappa shape index (κ1) is 32.0. The maximum absolute atomic E-state index is 13.4. The van der Waals surface area contributed by atoms with E-state index in [4.69, 9.17) is 0 Å². The molecule has 0 spiro atoms. The molecule has 1 aromatic carbocycles. The van der Waals surface area contributed by atoms with Gasteiger partial charge in [0.2, 0.25) is 11.8 Å². The molecule has 0 aliphatic carbocycles. The van der Waals surface area contributed by atoms with Gasteiger partial charge >= 0.3 is 0 Å². The standard InChI is InChI=1S/C31H34FN9O5/c1-39-17-21(35-29(44)23-4-3-5-25(32)36-23)16-24(39)30(45)34-20-8-6-19(7-9-20)28(43)38-26-18-40(2)27(37-26)31(46)33-12-15-41-13-10-22(42)11-14-41/h3-9,16-18,22,42H,10-15H2,1-2H3,(H,33,46)(H,34,45)(H,35,44)(H,38,43). The van der Waals surface area contributed by atoms with Gasteiger partial charge in [-0.25, -0.2) is 9.97 Å². The largest absolute Gasteiger partial charge is 0.393 e. The molecule has 1 saturated heterocycles. The number of nitrogens with one attached hydrogen (secondary N) is 4. The van der Waals surface area contributed by atoms with E-state index in [-0.39, 0.29) is 35.0 Å². The highest BCUT2D eigenvalue weighted by Crippen LogP contribution is 2.18. The molecule has 5 rings (SSSR count). The molecule has 15 heteroatoms. The van der Waals surface area contributed by atoms with Gasteiger partial charge in [-0.05, 0) is 55.3 Å². The summed E-state index contributed by atoms with van der Waals surface area (Å²) in [4.78, 5) is 60.8. The first-order chi connectivity index (χ1) is 22.0. The summed E-state index contributed by atoms with van der Waals surface area (Å²) in [5.74, 6) is -2.32. The highest BCUT2D eigenvalue weighted by atomic mass is 19.1. The second kappa shape index (κ2) is 14.1. The fourth-order valence-electron chi connectivity index (χ4n) is 4.96. The van der Waals surface area contributed by atoms with Gasteiger partial charge in [0.1, 0.15) is 11.4 Å². The summed E-state index contributed by atoms with van der Waals surface area (Å²) in [7, 11) is 3.29. The Morgan fingerprint density at radius 1 is 0.848 bits per heavy atom. The molecule has 1 aliphatic heterocycles. The Bertz CT molecular complexity index is 1740. The highest BCUT2D eigenvalue weighted by molar-refractivity contribution is 6.07. The normalized spacial score (nSPS) is 13.7. The van der Waals surface area contributed by atoms with Crippen molar-refractivity contribution in [2.24, 2.45) is 14.1 Å². The SMILES string of the molecule is Cn1cc(NC(=O)c2cccc(F)n2)cc1C(=O)Nc1ccc(C(=O)Nc2cn(C)c(C(=O)NCCN3CCC(O)CC3)n2)cc1. The number of aromatic nitrogens is 4. The van der Waals surface area contributed by atoms with Crippen LogP contribution in [-0.2, 0) is 14.1 Å². The number of rotatable bonds is 10. The van der Waals surface area contributed by atoms with E-state index in [2.05, 4.69) is 36.1 Å². The summed E-state index contributed by atoms with van der Waals surface area (Å²) in [5.41, 5.74) is 1.19. The first-order valence-corrected chi connectivity index (χ1v) is 14.6. The maximum Gasteiger partial charge on any atom is 0.287 e. The van der Waals surface area contributed by atoms with Crippen LogP contribution < -0.4 is 21.3 Å². The molecule has 0 bridgehead atoms. The third-order valence-corrected chi connectivity index (χ3v) is 7.44. The molecule has 14 nitrogen and oxygen atoms in total. The molecule has 4 amide bonds. The Morgan fingerprint density at radius 3 is 2.28 bits per heavy atom. The van der Waals surface area contributed by atoms with Crippen molar-refractivity contribution in [1.82, 2.24) is 29.3 Å². The van der Waals surface area contributed by atoms with Crippen LogP contribution in [0.25, 0.3) is 0 Å². The summed E-state index contributed by atoms with van der Waals surface area (Å²) in [6, 6.07) is 11.5. The number of anilines is 3. The van der Waals surface area contributed by atoms with Gasteiger partial charge < -0.3 is 40.4 Å². The van der Waals surface area contributed by atoms with E-state index in [1.54, 1.807) is 32.4 Å². The summed E-state index contributed by atoms with van der Waals surface area (Å²) in [6.07, 6.45) is 4.28. The second-order valence-electron chi connectivity index (χ2n) is 10.9. The molecule has 46 heavy (non-hydrogen) atoms. The number of carbonyl (C=O) groups excluding carboxylic acids is 4. The summed E-state index contributed by atoms with van der Waals surface area (Å²) in [6.45, 7) is 2.68. The number of likely N-dealkylation sites (tertiary alicyclic amines) is 1. The smallest absolute Gasteiger partial charge is 0.287 e. The van der Waals surface area contributed by atoms with Crippen LogP contribution in [0.15, 0.2) is 60.9 Å². The third kappa shape index (κ3) is 7.99. The van der Waals surface area contributed by atoms with Gasteiger partial charge in [0.25, 0.3) is 23.6 Å². The first-order valence-electron chi connectivity index (χ1n) is 14.6. The molecule has 0 saturated carbocycles. The van der Waals surface area contributed by atoms with Crippen molar-refractivity contribution in [1.29, 1.82) is 0 Å². The molecular weight excluding hydrogens is 597 g/mol. The number of piperidine rings is 1. The van der Waals surface area contributed by atoms with E-state index in [1.807, 2.05) is 0 Å². The number of imidazole rings is 1. The number of benzene rings is 1. The maximum atomic E-state index is 13.4. The zero-order valence-corrected chi connectivity index (χ0v) is 25.3. The summed E-state index contributed by atoms with van der Waals surface area (Å²) in [5, 5.41) is 20.5. The monoisotopic (exact) mass is 631 g/mol. The molecule has 1 fully saturated rings. The third-order valence-electron chi connectivity index (χ3n) is 7.44. The second-order valence-corrected chi connectivity index (χ2v) is 10.9. The number of aliphatic hydroxyl groups excluding tert-OH is 1. The lowest BCUT2D eigenvalue weighted by Crippen LogP contribution is -2.41. The minimum absolute atomic E-state index is 0.102. The van der Waals surface area contributed by atoms with Gasteiger partial charge in [0, 0.05) is 63.9 Å². The summed E-state index contributed by atoms with van der Waals surface area (Å²) >= 11 is 0. The fraction of sp³-hybridized carbons (Fsp3) is 0.290. The number of halogens is 1. The van der Waals surface area contributed by atoms with Crippen LogP contribution in [0.4, 0.5) is 21.6 Å². The van der Waals surface area contributed by atoms with Crippen molar-refractivity contribution in [3.63, 3.8) is 0 Å². The molecule has 3 aromatic heterocycles. The van der Waals surface area contributed by atoms with Gasteiger partial charge in [-0.3, -0.25) is 19.2 Å². The quantitative estimate of drug-likeness (QED) is 0.166. The zero-order chi connectivity index (χ0) is 32.8. The molecular formula is C31H34FN9O5. The minimum atomic E-state index is -0.780. The Kier molecular flexibility index (Phi) is 9.83. The number of amides is 4. The van der Waals surface area contributed by atoms with E-state index in [0.29, 0.717) is 30.0 Å². The Morgan fingerprint density at radius 2 is 1.57 bits per heavy atom. The van der Waals surface area contributed by atoms with Crippen molar-refractivity contribution < 1.29 is 28.7 Å². The van der Waals surface area contributed by atoms with Gasteiger partial charge in [-0.1, -0.05) is 6.07 Å². The lowest BCUT2D eigenvalue weighted by atomic mass is 10.1. The van der Waals surface area contributed by atoms with Crippen molar-refractivity contribution in [2.45, 2.75) is 18.9 Å². The van der Waals surface area contributed by atoms with Crippen LogP contribution in [-0.4, -0.2) is 85.0 Å². The molecule has 0 atom stereocenters. The van der Waals surface area contributed by atoms with Crippen LogP contribution in [0.3, 0.4) is 0 Å². The molecule has 1 aliphatic rings. The predicted molar refractivity (Wildman–Crippen MR) is 167 cm³/mol. The lowest BCUT2D eigenvalue weighted by molar-refractivity contribution is 0.0801. The van der Waals surface area contributed by atoms with E-state index in [1.165, 1.54) is 45.7 Å². The molecule has 0 unspecified atom stereocenters. The van der Waals surface area contributed by atoms with E-state index in [0.717, 1.165) is 32.0 Å². The lowest BCUT2D eigenvalue weighted by Gasteiger charge is -2.29. The van der Waals surface area contributed by atoms with E-state index < -0.39 is 23.7 Å². The molecule has 240 valence electrons. The van der Waals surface area contributed by atoms with Gasteiger partial charge in [0.15, 0.2) is 5.82 Å². The average molecular weight is 632 g/mol. The molecule has 0 radical (unpaired) electrons. The Balaban J connectivity index is 1.12. The zero-order valence-electron chi connectivity index (χ0n) is 25.3. The number of nitrogens with zero attached hydrogens (tertiary/aromatic N) is 5. The number of carbonyl (C=O) groups is 4. The Labute approximate surface area is 263 Å². The molecule has 4 aromatic rings. The van der Waals surface area contributed by atoms with Crippen LogP contribution in [0.1, 0.15) is 54.8 Å². The number of aryl methyl sites for hydroxylation is 2. The number of hydrogen-bond donors (Lipinski definition) is 5. The van der Waals surface area contributed by atoms with Crippen LogP contribution in [0.5, 0.6) is 0 Å². The van der Waals surface area contributed by atoms with Crippen LogP contribution in [0.2, 0.25) is 0 Å². The number of hydrogen-bond acceptors (Lipinski definition) is 8. The van der Waals surface area contributed by atoms with Gasteiger partial charge in [-0.2, -0.15) is 4.39 Å². The fourth-order valence-corrected chi connectivity index (χ4v) is 4.96. The van der Waals surface area contributed by atoms with Gasteiger partial charge in [-0.15, -0.1) is 0 Å². The van der Waals surface area contributed by atoms with Gasteiger partial charge in [0.05, 0.1) is 11.8 Å². The number of pyridine rings is 1. The van der Waals surface area contributed by atoms with Crippen molar-refractivity contribution >= 4 is 40.8 Å². The van der Waals surface area contributed by atoms with Crippen molar-refractivity contribution in [2.75, 3.05) is 42.1 Å². The van der Waals surface area contributed by atoms with Crippen molar-refractivity contribution in [3.8, 4) is 0 Å². The molecule has 4 heterocycles. The van der Waals surface area contributed by atoms with E-state index in [9.17, 15) is 28.7 Å². The highest BCUT2D eigenvalue weighted by Gasteiger charge is 2.19. The Hall–Kier alpha value is -5.41. The predicted octanol–water partition coefficient (Wildman–Crippen LogP) is 2.24. The topological polar surface area (TPSA) is 176 Å². The van der Waals surface area contributed by atoms with Crippen LogP contribution in [0, 0.1) is 5.95 Å². The van der Waals surface area contributed by atoms with Crippen molar-refractivity contribution in [3.05, 3.63) is 89.6 Å². The average Bonchev–Trinajstić information content (AvgIpc) is 3.59. The van der Waals surface area contributed by atoms with E-state index >= 15 is 0 Å². The summed E-state index contributed by atoms with van der Waals surface area (Å²) < 4.78 is 16.4. The molecule has 5 N–H and O–H groups in total. The number of aliphatic hydroxyl groups is 1. The van der Waals surface area contributed by atoms with Crippen LogP contribution >= 0.6 is 0 Å².